The largest absolute Gasteiger partial charge is 0.335 e. The van der Waals surface area contributed by atoms with Crippen LogP contribution in [0, 0.1) is 5.82 Å². The maximum absolute atomic E-state index is 13.9. The zero-order valence-electron chi connectivity index (χ0n) is 10.7. The van der Waals surface area contributed by atoms with E-state index in [4.69, 9.17) is 0 Å². The van der Waals surface area contributed by atoms with Gasteiger partial charge < -0.3 is 4.90 Å². The molecular weight excluding hydrogens is 377 g/mol. The van der Waals surface area contributed by atoms with E-state index in [0.717, 1.165) is 19.3 Å². The number of hydrogen-bond donors (Lipinski definition) is 0. The van der Waals surface area contributed by atoms with Crippen LogP contribution in [0.5, 0.6) is 0 Å². The molecule has 1 aromatic carbocycles. The summed E-state index contributed by atoms with van der Waals surface area (Å²) < 4.78 is 14.4. The summed E-state index contributed by atoms with van der Waals surface area (Å²) in [6, 6.07) is 4.83. The minimum absolute atomic E-state index is 0.150. The van der Waals surface area contributed by atoms with Crippen LogP contribution >= 0.6 is 31.9 Å². The molecule has 2 atom stereocenters. The van der Waals surface area contributed by atoms with Gasteiger partial charge in [-0.3, -0.25) is 4.79 Å². The van der Waals surface area contributed by atoms with Crippen LogP contribution in [0.3, 0.4) is 0 Å². The molecule has 2 rings (SSSR count). The van der Waals surface area contributed by atoms with Crippen LogP contribution in [-0.4, -0.2) is 28.2 Å². The van der Waals surface area contributed by atoms with Crippen molar-refractivity contribution in [1.29, 1.82) is 0 Å². The summed E-state index contributed by atoms with van der Waals surface area (Å²) in [5.41, 5.74) is 0.150. The Labute approximate surface area is 129 Å². The third-order valence-electron chi connectivity index (χ3n) is 3.41. The smallest absolute Gasteiger partial charge is 0.258 e. The third kappa shape index (κ3) is 3.37. The van der Waals surface area contributed by atoms with E-state index in [0.29, 0.717) is 15.8 Å². The summed E-state index contributed by atoms with van der Waals surface area (Å²) in [6.07, 6.45) is 2.88. The second kappa shape index (κ2) is 6.35. The van der Waals surface area contributed by atoms with Crippen molar-refractivity contribution >= 4 is 37.8 Å². The van der Waals surface area contributed by atoms with Gasteiger partial charge >= 0.3 is 0 Å². The molecule has 1 fully saturated rings. The second-order valence-corrected chi connectivity index (χ2v) is 7.33. The van der Waals surface area contributed by atoms with Gasteiger partial charge in [-0.2, -0.15) is 0 Å². The molecule has 1 amide bonds. The van der Waals surface area contributed by atoms with Crippen molar-refractivity contribution in [3.05, 3.63) is 34.1 Å². The SMILES string of the molecule is CC(Br)CC1CCCN1C(=O)c1c(F)cccc1Br. The number of alkyl halides is 1. The van der Waals surface area contributed by atoms with Crippen LogP contribution in [0.15, 0.2) is 22.7 Å². The van der Waals surface area contributed by atoms with Crippen molar-refractivity contribution in [3.63, 3.8) is 0 Å². The monoisotopic (exact) mass is 391 g/mol. The minimum atomic E-state index is -0.461. The van der Waals surface area contributed by atoms with Crippen molar-refractivity contribution < 1.29 is 9.18 Å². The normalized spacial score (nSPS) is 20.6. The molecule has 0 saturated carbocycles. The highest BCUT2D eigenvalue weighted by molar-refractivity contribution is 9.10. The lowest BCUT2D eigenvalue weighted by molar-refractivity contribution is 0.0725. The summed E-state index contributed by atoms with van der Waals surface area (Å²) in [4.78, 5) is 14.7. The van der Waals surface area contributed by atoms with Gasteiger partial charge in [0.15, 0.2) is 0 Å². The zero-order chi connectivity index (χ0) is 14.0. The molecule has 0 spiro atoms. The molecule has 19 heavy (non-hydrogen) atoms. The summed E-state index contributed by atoms with van der Waals surface area (Å²) >= 11 is 6.79. The Morgan fingerprint density at radius 3 is 2.95 bits per heavy atom. The van der Waals surface area contributed by atoms with Crippen LogP contribution < -0.4 is 0 Å². The van der Waals surface area contributed by atoms with Gasteiger partial charge in [0.1, 0.15) is 5.82 Å². The fourth-order valence-electron chi connectivity index (χ4n) is 2.57. The third-order valence-corrected chi connectivity index (χ3v) is 4.45. The highest BCUT2D eigenvalue weighted by Crippen LogP contribution is 2.28. The number of carbonyl (C=O) groups is 1. The Morgan fingerprint density at radius 1 is 1.58 bits per heavy atom. The topological polar surface area (TPSA) is 20.3 Å². The molecule has 0 aromatic heterocycles. The lowest BCUT2D eigenvalue weighted by atomic mass is 10.1. The predicted octanol–water partition coefficient (Wildman–Crippen LogP) is 4.37. The molecule has 2 unspecified atom stereocenters. The average Bonchev–Trinajstić information content (AvgIpc) is 2.75. The molecule has 2 nitrogen and oxygen atoms in total. The molecule has 0 bridgehead atoms. The molecule has 1 heterocycles. The highest BCUT2D eigenvalue weighted by Gasteiger charge is 2.32. The molecule has 0 radical (unpaired) electrons. The van der Waals surface area contributed by atoms with Crippen molar-refractivity contribution in [2.24, 2.45) is 0 Å². The average molecular weight is 393 g/mol. The summed E-state index contributed by atoms with van der Waals surface area (Å²) in [5, 5.41) is 0. The molecule has 1 aliphatic heterocycles. The first-order chi connectivity index (χ1) is 9.00. The van der Waals surface area contributed by atoms with Crippen molar-refractivity contribution in [1.82, 2.24) is 4.90 Å². The fraction of sp³-hybridized carbons (Fsp3) is 0.500. The van der Waals surface area contributed by atoms with Gasteiger partial charge in [0.25, 0.3) is 5.91 Å². The lowest BCUT2D eigenvalue weighted by Crippen LogP contribution is -2.37. The standard InChI is InChI=1S/C14H16Br2FNO/c1-9(15)8-10-4-3-7-18(10)14(19)13-11(16)5-2-6-12(13)17/h2,5-6,9-10H,3-4,7-8H2,1H3. The molecule has 5 heteroatoms. The molecule has 0 aliphatic carbocycles. The van der Waals surface area contributed by atoms with E-state index in [1.165, 1.54) is 6.07 Å². The van der Waals surface area contributed by atoms with Crippen LogP contribution in [0.25, 0.3) is 0 Å². The Hall–Kier alpha value is -0.420. The molecule has 104 valence electrons. The Kier molecular flexibility index (Phi) is 5.01. The maximum Gasteiger partial charge on any atom is 0.258 e. The minimum Gasteiger partial charge on any atom is -0.335 e. The van der Waals surface area contributed by atoms with Crippen molar-refractivity contribution in [3.8, 4) is 0 Å². The first kappa shape index (κ1) is 15.0. The fourth-order valence-corrected chi connectivity index (χ4v) is 3.51. The second-order valence-electron chi connectivity index (χ2n) is 4.91. The molecule has 0 N–H and O–H groups in total. The van der Waals surface area contributed by atoms with Crippen molar-refractivity contribution in [2.75, 3.05) is 6.54 Å². The van der Waals surface area contributed by atoms with Crippen LogP contribution in [-0.2, 0) is 0 Å². The van der Waals surface area contributed by atoms with Gasteiger partial charge in [-0.25, -0.2) is 4.39 Å². The van der Waals surface area contributed by atoms with Gasteiger partial charge in [-0.1, -0.05) is 28.9 Å². The van der Waals surface area contributed by atoms with E-state index < -0.39 is 5.82 Å². The maximum atomic E-state index is 13.9. The number of carbonyl (C=O) groups excluding carboxylic acids is 1. The summed E-state index contributed by atoms with van der Waals surface area (Å²) in [6.45, 7) is 2.78. The van der Waals surface area contributed by atoms with E-state index in [1.807, 2.05) is 0 Å². The quantitative estimate of drug-likeness (QED) is 0.699. The zero-order valence-corrected chi connectivity index (χ0v) is 13.9. The summed E-state index contributed by atoms with van der Waals surface area (Å²) in [7, 11) is 0. The van der Waals surface area contributed by atoms with Crippen molar-refractivity contribution in [2.45, 2.75) is 37.1 Å². The number of hydrogen-bond acceptors (Lipinski definition) is 1. The lowest BCUT2D eigenvalue weighted by Gasteiger charge is -2.26. The molecule has 1 aromatic rings. The number of halogens is 3. The Morgan fingerprint density at radius 2 is 2.32 bits per heavy atom. The number of likely N-dealkylation sites (tertiary alicyclic amines) is 1. The van der Waals surface area contributed by atoms with E-state index >= 15 is 0 Å². The first-order valence-corrected chi connectivity index (χ1v) is 8.10. The number of benzene rings is 1. The summed E-state index contributed by atoms with van der Waals surface area (Å²) in [5.74, 6) is -0.669. The number of amides is 1. The predicted molar refractivity (Wildman–Crippen MR) is 81.2 cm³/mol. The van der Waals surface area contributed by atoms with E-state index in [9.17, 15) is 9.18 Å². The van der Waals surface area contributed by atoms with E-state index in [-0.39, 0.29) is 17.5 Å². The van der Waals surface area contributed by atoms with Gasteiger partial charge in [-0.15, -0.1) is 0 Å². The van der Waals surface area contributed by atoms with Gasteiger partial charge in [-0.05, 0) is 47.3 Å². The van der Waals surface area contributed by atoms with E-state index in [1.54, 1.807) is 17.0 Å². The van der Waals surface area contributed by atoms with E-state index in [2.05, 4.69) is 38.8 Å². The Bertz CT molecular complexity index is 458. The number of nitrogens with zero attached hydrogens (tertiary/aromatic N) is 1. The van der Waals surface area contributed by atoms with Crippen LogP contribution in [0.1, 0.15) is 36.5 Å². The highest BCUT2D eigenvalue weighted by atomic mass is 79.9. The van der Waals surface area contributed by atoms with Gasteiger partial charge in [0.05, 0.1) is 5.56 Å². The number of rotatable bonds is 3. The first-order valence-electron chi connectivity index (χ1n) is 6.39. The van der Waals surface area contributed by atoms with Crippen LogP contribution in [0.4, 0.5) is 4.39 Å². The van der Waals surface area contributed by atoms with Gasteiger partial charge in [0, 0.05) is 21.9 Å². The molecular formula is C14H16Br2FNO. The Balaban J connectivity index is 2.23. The van der Waals surface area contributed by atoms with Gasteiger partial charge in [0.2, 0.25) is 0 Å². The molecule has 1 saturated heterocycles. The van der Waals surface area contributed by atoms with Crippen LogP contribution in [0.2, 0.25) is 0 Å². The molecule has 1 aliphatic rings.